The molecule has 0 amide bonds. The number of imidazole rings is 1. The molecule has 2 heterocycles. The van der Waals surface area contributed by atoms with Gasteiger partial charge in [0.25, 0.3) is 5.82 Å². The second-order valence-corrected chi connectivity index (χ2v) is 11.7. The largest absolute Gasteiger partial charge is 0.394 e. The maximum absolute atomic E-state index is 10.3. The first-order valence-corrected chi connectivity index (χ1v) is 14.9. The molecule has 0 radical (unpaired) electrons. The summed E-state index contributed by atoms with van der Waals surface area (Å²) in [6.45, 7) is 5.03. The molecule has 8 nitrogen and oxygen atoms in total. The highest BCUT2D eigenvalue weighted by molar-refractivity contribution is 9.10. The van der Waals surface area contributed by atoms with E-state index in [1.807, 2.05) is 65.8 Å². The summed E-state index contributed by atoms with van der Waals surface area (Å²) in [5.41, 5.74) is 3.53. The van der Waals surface area contributed by atoms with Crippen LogP contribution in [0, 0.1) is 0 Å². The Labute approximate surface area is 254 Å². The van der Waals surface area contributed by atoms with Crippen molar-refractivity contribution in [1.82, 2.24) is 4.57 Å². The summed E-state index contributed by atoms with van der Waals surface area (Å²) < 4.78 is 5.59. The molecule has 4 N–H and O–H groups in total. The molecule has 2 unspecified atom stereocenters. The van der Waals surface area contributed by atoms with Crippen molar-refractivity contribution in [2.75, 3.05) is 36.1 Å². The molecule has 0 spiro atoms. The van der Waals surface area contributed by atoms with Crippen LogP contribution in [-0.4, -0.2) is 63.5 Å². The molecule has 2 aromatic carbocycles. The number of aliphatic hydroxyl groups is 4. The lowest BCUT2D eigenvalue weighted by molar-refractivity contribution is -0.681. The summed E-state index contributed by atoms with van der Waals surface area (Å²) in [4.78, 5) is 4.05. The molecule has 2 atom stereocenters. The molecule has 39 heavy (non-hydrogen) atoms. The number of hydrogen-bond acceptors (Lipinski definition) is 6. The van der Waals surface area contributed by atoms with Crippen molar-refractivity contribution in [2.24, 2.45) is 0 Å². The van der Waals surface area contributed by atoms with E-state index in [1.165, 1.54) is 0 Å². The third-order valence-corrected chi connectivity index (χ3v) is 9.03. The Balaban J connectivity index is 1.84. The average Bonchev–Trinajstić information content (AvgIpc) is 3.34. The second-order valence-electron chi connectivity index (χ2n) is 9.13. The predicted octanol–water partition coefficient (Wildman–Crippen LogP) is 4.69. The quantitative estimate of drug-likeness (QED) is 0.229. The number of rotatable bonds is 10. The Morgan fingerprint density at radius 2 is 1.54 bits per heavy atom. The number of halogens is 4. The highest BCUT2D eigenvalue weighted by Gasteiger charge is 2.32. The summed E-state index contributed by atoms with van der Waals surface area (Å²) in [6, 6.07) is 7.59. The molecule has 4 rings (SSSR count). The van der Waals surface area contributed by atoms with Gasteiger partial charge in [0.15, 0.2) is 11.0 Å². The van der Waals surface area contributed by atoms with E-state index in [0.717, 1.165) is 43.0 Å². The summed E-state index contributed by atoms with van der Waals surface area (Å²) in [5, 5.41) is 40.8. The van der Waals surface area contributed by atoms with Crippen LogP contribution in [0.1, 0.15) is 19.7 Å². The van der Waals surface area contributed by atoms with Gasteiger partial charge in [0.05, 0.1) is 53.8 Å². The minimum absolute atomic E-state index is 0.183. The van der Waals surface area contributed by atoms with Gasteiger partial charge in [-0.05, 0) is 63.9 Å². The first-order chi connectivity index (χ1) is 18.6. The van der Waals surface area contributed by atoms with Crippen molar-refractivity contribution in [3.8, 4) is 0 Å². The van der Waals surface area contributed by atoms with Crippen LogP contribution in [0.5, 0.6) is 0 Å². The second kappa shape index (κ2) is 12.9. The summed E-state index contributed by atoms with van der Waals surface area (Å²) in [7, 11) is 0. The Hall–Kier alpha value is -1.63. The number of benzene rings is 2. The SMILES string of the molecule is CCN1/C(=C\C=C\c2n(CC)c3cc(Br)c(Cl)cc3[n+]2CC(O)CO)N(CC(O)CO)c2cc(Cl)c(Br)cc21. The van der Waals surface area contributed by atoms with E-state index in [2.05, 4.69) is 41.3 Å². The van der Waals surface area contributed by atoms with Crippen molar-refractivity contribution >= 4 is 83.5 Å². The average molecular weight is 706 g/mol. The molecule has 210 valence electrons. The maximum Gasteiger partial charge on any atom is 0.282 e. The minimum atomic E-state index is -0.947. The fraction of sp³-hybridized carbons (Fsp3) is 0.370. The number of aromatic nitrogens is 2. The van der Waals surface area contributed by atoms with Crippen molar-refractivity contribution in [1.29, 1.82) is 0 Å². The Bertz CT molecular complexity index is 1430. The fourth-order valence-corrected chi connectivity index (χ4v) is 5.85. The molecule has 1 aliphatic rings. The van der Waals surface area contributed by atoms with Gasteiger partial charge in [-0.2, -0.15) is 0 Å². The van der Waals surface area contributed by atoms with E-state index in [9.17, 15) is 20.4 Å². The number of allylic oxidation sites excluding steroid dienone is 2. The Morgan fingerprint density at radius 3 is 2.18 bits per heavy atom. The monoisotopic (exact) mass is 703 g/mol. The molecule has 1 aromatic heterocycles. The van der Waals surface area contributed by atoms with Crippen molar-refractivity contribution in [2.45, 2.75) is 39.1 Å². The highest BCUT2D eigenvalue weighted by Crippen LogP contribution is 2.45. The topological polar surface area (TPSA) is 96.2 Å². The summed E-state index contributed by atoms with van der Waals surface area (Å²) in [6.07, 6.45) is 3.92. The van der Waals surface area contributed by atoms with Gasteiger partial charge in [0.1, 0.15) is 18.5 Å². The number of fused-ring (bicyclic) bond motifs is 2. The Morgan fingerprint density at radius 1 is 0.897 bits per heavy atom. The van der Waals surface area contributed by atoms with Crippen LogP contribution in [0.3, 0.4) is 0 Å². The van der Waals surface area contributed by atoms with Crippen LogP contribution >= 0.6 is 55.1 Å². The van der Waals surface area contributed by atoms with Crippen LogP contribution < -0.4 is 14.4 Å². The van der Waals surface area contributed by atoms with Gasteiger partial charge >= 0.3 is 0 Å². The first-order valence-electron chi connectivity index (χ1n) is 12.6. The number of aryl methyl sites for hydroxylation is 1. The smallest absolute Gasteiger partial charge is 0.282 e. The van der Waals surface area contributed by atoms with Crippen LogP contribution in [-0.2, 0) is 13.1 Å². The predicted molar refractivity (Wildman–Crippen MR) is 163 cm³/mol. The number of hydrogen-bond donors (Lipinski definition) is 4. The fourth-order valence-electron chi connectivity index (χ4n) is 4.87. The van der Waals surface area contributed by atoms with Crippen molar-refractivity contribution in [3.05, 3.63) is 67.1 Å². The van der Waals surface area contributed by atoms with E-state index in [4.69, 9.17) is 23.2 Å². The molecule has 0 saturated heterocycles. The lowest BCUT2D eigenvalue weighted by Gasteiger charge is -2.25. The van der Waals surface area contributed by atoms with E-state index in [0.29, 0.717) is 23.1 Å². The third-order valence-electron chi connectivity index (χ3n) is 6.64. The molecular weight excluding hydrogens is 675 g/mol. The van der Waals surface area contributed by atoms with Crippen molar-refractivity contribution in [3.63, 3.8) is 0 Å². The summed E-state index contributed by atoms with van der Waals surface area (Å²) in [5.74, 6) is 1.63. The minimum Gasteiger partial charge on any atom is -0.394 e. The lowest BCUT2D eigenvalue weighted by Crippen LogP contribution is -2.43. The zero-order chi connectivity index (χ0) is 28.4. The number of β-amino-alcohol motifs (C(OH)–C–C–N with tert-alkyl or cyclic N) is 1. The Kier molecular flexibility index (Phi) is 10.0. The van der Waals surface area contributed by atoms with Gasteiger partial charge in [-0.15, -0.1) is 0 Å². The van der Waals surface area contributed by atoms with Gasteiger partial charge in [-0.25, -0.2) is 9.13 Å². The molecule has 0 fully saturated rings. The van der Waals surface area contributed by atoms with Gasteiger partial charge in [-0.3, -0.25) is 0 Å². The van der Waals surface area contributed by atoms with Crippen LogP contribution in [0.15, 0.2) is 51.2 Å². The van der Waals surface area contributed by atoms with Gasteiger partial charge in [-0.1, -0.05) is 29.3 Å². The third kappa shape index (κ3) is 6.04. The molecule has 0 saturated carbocycles. The molecule has 0 bridgehead atoms. The van der Waals surface area contributed by atoms with Crippen LogP contribution in [0.25, 0.3) is 17.1 Å². The van der Waals surface area contributed by atoms with Crippen LogP contribution in [0.2, 0.25) is 10.0 Å². The molecule has 1 aliphatic heterocycles. The molecular formula is C27H31Br2Cl2N4O4+. The first kappa shape index (κ1) is 30.3. The number of nitrogens with zero attached hydrogens (tertiary/aromatic N) is 4. The van der Waals surface area contributed by atoms with Crippen LogP contribution in [0.4, 0.5) is 11.4 Å². The standard InChI is InChI=1S/C27H31Br2Cl2N4O4/c1-3-32-22-8-18(28)20(30)10-24(22)34(12-16(38)14-36)26(32)6-5-7-27-33(4-2)23-9-19(29)21(31)11-25(23)35(27)13-17(39)15-37/h5-11,16-17,36-39H,3-4,12-15H2,1-2H3/q+1. The van der Waals surface area contributed by atoms with Gasteiger partial charge in [0.2, 0.25) is 0 Å². The molecule has 12 heteroatoms. The van der Waals surface area contributed by atoms with Crippen molar-refractivity contribution < 1.29 is 25.0 Å². The van der Waals surface area contributed by atoms with E-state index in [-0.39, 0.29) is 26.3 Å². The lowest BCUT2D eigenvalue weighted by atomic mass is 10.2. The zero-order valence-electron chi connectivity index (χ0n) is 21.5. The normalized spacial score (nSPS) is 16.2. The summed E-state index contributed by atoms with van der Waals surface area (Å²) >= 11 is 19.9. The molecule has 3 aromatic rings. The van der Waals surface area contributed by atoms with Gasteiger partial charge in [0, 0.05) is 33.7 Å². The maximum atomic E-state index is 10.3. The number of anilines is 2. The van der Waals surface area contributed by atoms with Gasteiger partial charge < -0.3 is 30.2 Å². The zero-order valence-corrected chi connectivity index (χ0v) is 26.2. The highest BCUT2D eigenvalue weighted by atomic mass is 79.9. The molecule has 0 aliphatic carbocycles. The van der Waals surface area contributed by atoms with E-state index in [1.54, 1.807) is 0 Å². The number of aliphatic hydroxyl groups excluding tert-OH is 4. The van der Waals surface area contributed by atoms with E-state index >= 15 is 0 Å². The van der Waals surface area contributed by atoms with E-state index < -0.39 is 12.2 Å².